The van der Waals surface area contributed by atoms with E-state index in [0.29, 0.717) is 5.69 Å². The number of nitrogens with one attached hydrogen (secondary N) is 1. The van der Waals surface area contributed by atoms with Crippen LogP contribution in [0.15, 0.2) is 59.1 Å². The van der Waals surface area contributed by atoms with Gasteiger partial charge in [-0.3, -0.25) is 0 Å². The molecule has 0 radical (unpaired) electrons. The molecular weight excluding hydrogens is 331 g/mol. The average molecular weight is 341 g/mol. The lowest BCUT2D eigenvalue weighted by atomic mass is 10.1. The van der Waals surface area contributed by atoms with Gasteiger partial charge in [0, 0.05) is 15.5 Å². The number of hydrogen-bond acceptors (Lipinski definition) is 2. The number of nitrogens with zero attached hydrogens (tertiary/aromatic N) is 1. The summed E-state index contributed by atoms with van der Waals surface area (Å²) in [5.74, 6) is -0.419. The molecule has 1 N–H and O–H groups in total. The van der Waals surface area contributed by atoms with Gasteiger partial charge in [-0.1, -0.05) is 40.2 Å². The molecule has 3 aromatic rings. The quantitative estimate of drug-likeness (QED) is 0.681. The summed E-state index contributed by atoms with van der Waals surface area (Å²) in [7, 11) is 0. The molecule has 2 nitrogen and oxygen atoms in total. The number of halogens is 2. The summed E-state index contributed by atoms with van der Waals surface area (Å²) in [4.78, 5) is 0. The van der Waals surface area contributed by atoms with Crippen molar-refractivity contribution in [3.05, 3.63) is 70.5 Å². The molecule has 0 saturated heterocycles. The van der Waals surface area contributed by atoms with E-state index in [1.54, 1.807) is 6.07 Å². The predicted molar refractivity (Wildman–Crippen MR) is 86.0 cm³/mol. The highest BCUT2D eigenvalue weighted by Crippen LogP contribution is 2.32. The summed E-state index contributed by atoms with van der Waals surface area (Å²) in [5, 5.41) is 14.4. The zero-order valence-electron chi connectivity index (χ0n) is 10.9. The Morgan fingerprint density at radius 2 is 1.67 bits per heavy atom. The Kier molecular flexibility index (Phi) is 3.59. The predicted octanol–water partition coefficient (Wildman–Crippen LogP) is 5.36. The lowest BCUT2D eigenvalue weighted by Crippen LogP contribution is -1.95. The molecule has 0 unspecified atom stereocenters. The fourth-order valence-electron chi connectivity index (χ4n) is 2.23. The Hall–Kier alpha value is -2.38. The van der Waals surface area contributed by atoms with Crippen molar-refractivity contribution in [2.75, 3.05) is 5.32 Å². The first-order chi connectivity index (χ1) is 10.2. The van der Waals surface area contributed by atoms with E-state index >= 15 is 0 Å². The van der Waals surface area contributed by atoms with Crippen LogP contribution in [0.25, 0.3) is 10.8 Å². The first-order valence-corrected chi connectivity index (χ1v) is 7.12. The van der Waals surface area contributed by atoms with Crippen molar-refractivity contribution in [2.45, 2.75) is 0 Å². The summed E-state index contributed by atoms with van der Waals surface area (Å²) >= 11 is 3.52. The van der Waals surface area contributed by atoms with E-state index in [0.717, 1.165) is 20.9 Å². The van der Waals surface area contributed by atoms with Gasteiger partial charge in [-0.05, 0) is 35.7 Å². The van der Waals surface area contributed by atoms with Gasteiger partial charge >= 0.3 is 0 Å². The second-order valence-corrected chi connectivity index (χ2v) is 5.42. The molecule has 0 aromatic heterocycles. The largest absolute Gasteiger partial charge is 0.354 e. The van der Waals surface area contributed by atoms with Crippen LogP contribution in [0, 0.1) is 17.1 Å². The standard InChI is InChI=1S/C17H10BrFN2/c18-15-6-8-17(14-4-2-1-3-13(14)15)21-16-7-5-12(19)9-11(16)10-20/h1-9,21H. The second kappa shape index (κ2) is 5.55. The maximum absolute atomic E-state index is 13.2. The Bertz CT molecular complexity index is 868. The van der Waals surface area contributed by atoms with E-state index in [-0.39, 0.29) is 5.56 Å². The lowest BCUT2D eigenvalue weighted by molar-refractivity contribution is 0.627. The minimum atomic E-state index is -0.419. The molecule has 0 bridgehead atoms. The highest BCUT2D eigenvalue weighted by molar-refractivity contribution is 9.10. The van der Waals surface area contributed by atoms with Crippen LogP contribution in [0.2, 0.25) is 0 Å². The molecule has 0 spiro atoms. The molecule has 0 fully saturated rings. The van der Waals surface area contributed by atoms with E-state index in [2.05, 4.69) is 21.2 Å². The number of hydrogen-bond donors (Lipinski definition) is 1. The second-order valence-electron chi connectivity index (χ2n) is 4.57. The van der Waals surface area contributed by atoms with Crippen molar-refractivity contribution in [1.82, 2.24) is 0 Å². The molecule has 21 heavy (non-hydrogen) atoms. The molecule has 0 amide bonds. The fraction of sp³-hybridized carbons (Fsp3) is 0. The molecule has 3 rings (SSSR count). The zero-order valence-corrected chi connectivity index (χ0v) is 12.5. The van der Waals surface area contributed by atoms with Crippen molar-refractivity contribution >= 4 is 38.1 Å². The number of anilines is 2. The molecule has 0 aliphatic rings. The van der Waals surface area contributed by atoms with Crippen molar-refractivity contribution in [2.24, 2.45) is 0 Å². The molecule has 4 heteroatoms. The van der Waals surface area contributed by atoms with Crippen LogP contribution in [0.3, 0.4) is 0 Å². The Labute approximate surface area is 130 Å². The van der Waals surface area contributed by atoms with E-state index in [4.69, 9.17) is 5.26 Å². The monoisotopic (exact) mass is 340 g/mol. The third kappa shape index (κ3) is 2.61. The summed E-state index contributed by atoms with van der Waals surface area (Å²) < 4.78 is 14.2. The van der Waals surface area contributed by atoms with Gasteiger partial charge in [0.15, 0.2) is 0 Å². The van der Waals surface area contributed by atoms with Gasteiger partial charge in [-0.25, -0.2) is 4.39 Å². The van der Waals surface area contributed by atoms with Crippen LogP contribution in [-0.2, 0) is 0 Å². The highest BCUT2D eigenvalue weighted by Gasteiger charge is 2.08. The molecule has 102 valence electrons. The first-order valence-electron chi connectivity index (χ1n) is 6.33. The van der Waals surface area contributed by atoms with E-state index < -0.39 is 5.82 Å². The summed E-state index contributed by atoms with van der Waals surface area (Å²) in [5.41, 5.74) is 1.74. The number of nitriles is 1. The van der Waals surface area contributed by atoms with Crippen LogP contribution < -0.4 is 5.32 Å². The highest BCUT2D eigenvalue weighted by atomic mass is 79.9. The van der Waals surface area contributed by atoms with E-state index in [1.165, 1.54) is 12.1 Å². The van der Waals surface area contributed by atoms with Gasteiger partial charge < -0.3 is 5.32 Å². The van der Waals surface area contributed by atoms with Gasteiger partial charge in [0.1, 0.15) is 11.9 Å². The Morgan fingerprint density at radius 3 is 2.43 bits per heavy atom. The minimum absolute atomic E-state index is 0.280. The first kappa shape index (κ1) is 13.6. The smallest absolute Gasteiger partial charge is 0.124 e. The maximum Gasteiger partial charge on any atom is 0.124 e. The van der Waals surface area contributed by atoms with Gasteiger partial charge in [0.05, 0.1) is 11.3 Å². The third-order valence-electron chi connectivity index (χ3n) is 3.24. The van der Waals surface area contributed by atoms with E-state index in [9.17, 15) is 4.39 Å². The zero-order chi connectivity index (χ0) is 14.8. The fourth-order valence-corrected chi connectivity index (χ4v) is 2.71. The lowest BCUT2D eigenvalue weighted by Gasteiger charge is -2.12. The normalized spacial score (nSPS) is 10.3. The third-order valence-corrected chi connectivity index (χ3v) is 3.93. The Balaban J connectivity index is 2.11. The molecule has 0 atom stereocenters. The maximum atomic E-state index is 13.2. The van der Waals surface area contributed by atoms with Crippen LogP contribution in [0.5, 0.6) is 0 Å². The number of benzene rings is 3. The molecule has 0 saturated carbocycles. The van der Waals surface area contributed by atoms with Crippen LogP contribution in [0.4, 0.5) is 15.8 Å². The summed E-state index contributed by atoms with van der Waals surface area (Å²) in [6, 6.07) is 17.9. The minimum Gasteiger partial charge on any atom is -0.354 e. The summed E-state index contributed by atoms with van der Waals surface area (Å²) in [6.45, 7) is 0. The molecule has 0 aliphatic heterocycles. The van der Waals surface area contributed by atoms with Crippen molar-refractivity contribution in [3.8, 4) is 6.07 Å². The molecule has 0 heterocycles. The van der Waals surface area contributed by atoms with Crippen LogP contribution in [0.1, 0.15) is 5.56 Å². The average Bonchev–Trinajstić information content (AvgIpc) is 2.52. The molecular formula is C17H10BrFN2. The summed E-state index contributed by atoms with van der Waals surface area (Å²) in [6.07, 6.45) is 0. The molecule has 0 aliphatic carbocycles. The van der Waals surface area contributed by atoms with Gasteiger partial charge in [-0.2, -0.15) is 5.26 Å². The number of fused-ring (bicyclic) bond motifs is 1. The van der Waals surface area contributed by atoms with Crippen LogP contribution in [-0.4, -0.2) is 0 Å². The van der Waals surface area contributed by atoms with Gasteiger partial charge in [0.25, 0.3) is 0 Å². The van der Waals surface area contributed by atoms with Gasteiger partial charge in [-0.15, -0.1) is 0 Å². The van der Waals surface area contributed by atoms with Crippen LogP contribution >= 0.6 is 15.9 Å². The van der Waals surface area contributed by atoms with E-state index in [1.807, 2.05) is 42.5 Å². The SMILES string of the molecule is N#Cc1cc(F)ccc1Nc1ccc(Br)c2ccccc12. The van der Waals surface area contributed by atoms with Crippen molar-refractivity contribution < 1.29 is 4.39 Å². The molecule has 3 aromatic carbocycles. The van der Waals surface area contributed by atoms with Crippen molar-refractivity contribution in [1.29, 1.82) is 5.26 Å². The number of rotatable bonds is 2. The topological polar surface area (TPSA) is 35.8 Å². The van der Waals surface area contributed by atoms with Gasteiger partial charge in [0.2, 0.25) is 0 Å². The Morgan fingerprint density at radius 1 is 0.952 bits per heavy atom. The van der Waals surface area contributed by atoms with Crippen molar-refractivity contribution in [3.63, 3.8) is 0 Å².